The monoisotopic (exact) mass is 408 g/mol. The molecular formula is C15H25ClN12. The van der Waals surface area contributed by atoms with Gasteiger partial charge in [-0.3, -0.25) is 0 Å². The topological polar surface area (TPSA) is 230 Å². The van der Waals surface area contributed by atoms with Crippen molar-refractivity contribution in [1.29, 1.82) is 0 Å². The van der Waals surface area contributed by atoms with E-state index in [9.17, 15) is 0 Å². The Labute approximate surface area is 168 Å². The lowest BCUT2D eigenvalue weighted by Crippen LogP contribution is -2.22. The molecule has 0 spiro atoms. The van der Waals surface area contributed by atoms with Crippen molar-refractivity contribution >= 4 is 47.4 Å². The van der Waals surface area contributed by atoms with E-state index in [0.717, 1.165) is 16.7 Å². The number of guanidine groups is 3. The van der Waals surface area contributed by atoms with Crippen LogP contribution in [0.3, 0.4) is 0 Å². The maximum atomic E-state index is 5.32. The van der Waals surface area contributed by atoms with Crippen LogP contribution in [0.5, 0.6) is 0 Å². The first-order valence-corrected chi connectivity index (χ1v) is 7.66. The van der Waals surface area contributed by atoms with Crippen LogP contribution in [0.1, 0.15) is 37.5 Å². The minimum absolute atomic E-state index is 0. The van der Waals surface area contributed by atoms with Crippen LogP contribution in [0.4, 0.5) is 0 Å². The fourth-order valence-corrected chi connectivity index (χ4v) is 1.83. The van der Waals surface area contributed by atoms with E-state index >= 15 is 0 Å². The van der Waals surface area contributed by atoms with E-state index in [1.165, 1.54) is 0 Å². The number of halogens is 1. The largest absolute Gasteiger partial charge is 0.369 e. The molecule has 0 fully saturated rings. The summed E-state index contributed by atoms with van der Waals surface area (Å²) in [4.78, 5) is 0. The summed E-state index contributed by atoms with van der Waals surface area (Å²) in [5.74, 6) is -0.454. The Balaban J connectivity index is 0.00000729. The first-order chi connectivity index (χ1) is 12.6. The molecule has 12 nitrogen and oxygen atoms in total. The number of benzene rings is 1. The van der Waals surface area contributed by atoms with Gasteiger partial charge in [0.2, 0.25) is 17.9 Å². The average Bonchev–Trinajstić information content (AvgIpc) is 2.61. The number of rotatable bonds is 6. The SMILES string of the molecule is C/C(=N\N=C(N)N)c1cc(/C(C)=N/N=C(N)N)cc(/C(C)=N/N=C(N)N)c1.Cl. The smallest absolute Gasteiger partial charge is 0.211 e. The van der Waals surface area contributed by atoms with Gasteiger partial charge in [-0.1, -0.05) is 0 Å². The van der Waals surface area contributed by atoms with Crippen LogP contribution in [0, 0.1) is 0 Å². The molecule has 0 saturated carbocycles. The molecule has 152 valence electrons. The summed E-state index contributed by atoms with van der Waals surface area (Å²) in [5, 5.41) is 22.9. The summed E-state index contributed by atoms with van der Waals surface area (Å²) in [6.45, 7) is 5.25. The van der Waals surface area contributed by atoms with Gasteiger partial charge in [-0.2, -0.15) is 15.3 Å². The molecule has 0 heterocycles. The molecule has 28 heavy (non-hydrogen) atoms. The lowest BCUT2D eigenvalue weighted by molar-refractivity contribution is 1.19. The van der Waals surface area contributed by atoms with Gasteiger partial charge >= 0.3 is 0 Å². The Morgan fingerprint density at radius 2 is 0.714 bits per heavy atom. The van der Waals surface area contributed by atoms with E-state index < -0.39 is 0 Å². The third-order valence-electron chi connectivity index (χ3n) is 3.13. The van der Waals surface area contributed by atoms with Crippen molar-refractivity contribution in [3.8, 4) is 0 Å². The van der Waals surface area contributed by atoms with Gasteiger partial charge in [0.15, 0.2) is 0 Å². The van der Waals surface area contributed by atoms with Crippen molar-refractivity contribution in [3.05, 3.63) is 34.9 Å². The molecular weight excluding hydrogens is 384 g/mol. The van der Waals surface area contributed by atoms with E-state index in [4.69, 9.17) is 34.4 Å². The van der Waals surface area contributed by atoms with Gasteiger partial charge in [0, 0.05) is 0 Å². The zero-order valence-electron chi connectivity index (χ0n) is 15.8. The zero-order valence-corrected chi connectivity index (χ0v) is 16.6. The van der Waals surface area contributed by atoms with Gasteiger partial charge in [-0.25, -0.2) is 0 Å². The molecule has 0 radical (unpaired) electrons. The lowest BCUT2D eigenvalue weighted by atomic mass is 9.98. The van der Waals surface area contributed by atoms with Crippen LogP contribution in [0.15, 0.2) is 48.8 Å². The number of nitrogens with zero attached hydrogens (tertiary/aromatic N) is 6. The molecule has 13 heteroatoms. The highest BCUT2D eigenvalue weighted by Gasteiger charge is 2.09. The Morgan fingerprint density at radius 1 is 0.500 bits per heavy atom. The van der Waals surface area contributed by atoms with Crippen molar-refractivity contribution in [2.24, 2.45) is 65.0 Å². The van der Waals surface area contributed by atoms with Gasteiger partial charge in [0.1, 0.15) is 0 Å². The molecule has 1 aromatic carbocycles. The molecule has 0 unspecified atom stereocenters. The third-order valence-corrected chi connectivity index (χ3v) is 3.13. The number of hydrogen-bond acceptors (Lipinski definition) is 6. The summed E-state index contributed by atoms with van der Waals surface area (Å²) in [7, 11) is 0. The number of nitrogens with two attached hydrogens (primary N) is 6. The van der Waals surface area contributed by atoms with Crippen molar-refractivity contribution in [2.75, 3.05) is 0 Å². The van der Waals surface area contributed by atoms with Crippen LogP contribution < -0.4 is 34.4 Å². The van der Waals surface area contributed by atoms with Gasteiger partial charge in [0.05, 0.1) is 17.1 Å². The van der Waals surface area contributed by atoms with Gasteiger partial charge < -0.3 is 34.4 Å². The van der Waals surface area contributed by atoms with Crippen LogP contribution in [-0.4, -0.2) is 35.0 Å². The van der Waals surface area contributed by atoms with Crippen LogP contribution in [0.2, 0.25) is 0 Å². The molecule has 12 N–H and O–H groups in total. The molecule has 0 aromatic heterocycles. The summed E-state index contributed by atoms with van der Waals surface area (Å²) in [6.07, 6.45) is 0. The average molecular weight is 409 g/mol. The maximum Gasteiger partial charge on any atom is 0.211 e. The van der Waals surface area contributed by atoms with Crippen molar-refractivity contribution in [1.82, 2.24) is 0 Å². The second-order valence-electron chi connectivity index (χ2n) is 5.43. The highest BCUT2D eigenvalue weighted by atomic mass is 35.5. The molecule has 0 bridgehead atoms. The van der Waals surface area contributed by atoms with Crippen molar-refractivity contribution in [2.45, 2.75) is 20.8 Å². The van der Waals surface area contributed by atoms with E-state index in [-0.39, 0.29) is 30.3 Å². The quantitative estimate of drug-likeness (QED) is 0.198. The minimum Gasteiger partial charge on any atom is -0.369 e. The lowest BCUT2D eigenvalue weighted by Gasteiger charge is -2.09. The predicted octanol–water partition coefficient (Wildman–Crippen LogP) is -0.899. The molecule has 0 aliphatic heterocycles. The zero-order chi connectivity index (χ0) is 20.6. The van der Waals surface area contributed by atoms with E-state index in [0.29, 0.717) is 17.1 Å². The first kappa shape index (κ1) is 24.3. The fourth-order valence-electron chi connectivity index (χ4n) is 1.83. The Bertz CT molecular complexity index is 740. The highest BCUT2D eigenvalue weighted by Crippen LogP contribution is 2.15. The summed E-state index contributed by atoms with van der Waals surface area (Å²) in [5.41, 5.74) is 35.8. The van der Waals surface area contributed by atoms with Crippen molar-refractivity contribution < 1.29 is 0 Å². The fraction of sp³-hybridized carbons (Fsp3) is 0.200. The van der Waals surface area contributed by atoms with Crippen LogP contribution in [-0.2, 0) is 0 Å². The molecule has 1 rings (SSSR count). The number of hydrogen-bond donors (Lipinski definition) is 6. The summed E-state index contributed by atoms with van der Waals surface area (Å²) < 4.78 is 0. The molecule has 0 aliphatic rings. The maximum absolute atomic E-state index is 5.32. The minimum atomic E-state index is -0.151. The second kappa shape index (κ2) is 11.1. The molecule has 0 aliphatic carbocycles. The van der Waals surface area contributed by atoms with Gasteiger partial charge in [-0.05, 0) is 55.7 Å². The third kappa shape index (κ3) is 8.14. The Hall–Kier alpha value is -3.67. The second-order valence-corrected chi connectivity index (χ2v) is 5.43. The summed E-state index contributed by atoms with van der Waals surface area (Å²) in [6, 6.07) is 5.50. The van der Waals surface area contributed by atoms with Crippen LogP contribution >= 0.6 is 12.4 Å². The Morgan fingerprint density at radius 3 is 0.893 bits per heavy atom. The molecule has 1 aromatic rings. The van der Waals surface area contributed by atoms with Crippen LogP contribution in [0.25, 0.3) is 0 Å². The summed E-state index contributed by atoms with van der Waals surface area (Å²) >= 11 is 0. The van der Waals surface area contributed by atoms with Gasteiger partial charge in [0.25, 0.3) is 0 Å². The van der Waals surface area contributed by atoms with E-state index in [1.807, 2.05) is 18.2 Å². The molecule has 0 atom stereocenters. The molecule has 0 amide bonds. The van der Waals surface area contributed by atoms with E-state index in [1.54, 1.807) is 20.8 Å². The van der Waals surface area contributed by atoms with Gasteiger partial charge in [-0.15, -0.1) is 27.7 Å². The standard InChI is InChI=1S/C15H24N12.ClH/c1-7(22-25-13(16)17)10-4-11(8(2)23-26-14(18)19)6-12(5-10)9(3)24-27-15(20)21;/h4-6H,1-3H3,(H4,16,17,25)(H4,18,19,26)(H4,20,21,27);1H/b22-7+,23-8+,24-9+;. The normalized spacial score (nSPS) is 11.9. The Kier molecular flexibility index (Phi) is 9.67. The molecule has 0 saturated heterocycles. The predicted molar refractivity (Wildman–Crippen MR) is 118 cm³/mol. The van der Waals surface area contributed by atoms with Crippen molar-refractivity contribution in [3.63, 3.8) is 0 Å². The first-order valence-electron chi connectivity index (χ1n) is 7.66. The highest BCUT2D eigenvalue weighted by molar-refractivity contribution is 6.08. The van der Waals surface area contributed by atoms with E-state index in [2.05, 4.69) is 30.6 Å².